The third kappa shape index (κ3) is 36.5. The Labute approximate surface area is 457 Å². The molecular formula is C49H66N4O27. The molecule has 0 aromatic heterocycles. The molecule has 0 aromatic rings. The number of imide groups is 3. The highest BCUT2D eigenvalue weighted by Gasteiger charge is 2.35. The third-order valence-electron chi connectivity index (χ3n) is 9.13. The van der Waals surface area contributed by atoms with Gasteiger partial charge in [-0.25, -0.2) is 19.2 Å². The first kappa shape index (κ1) is 72.6. The molecule has 4 fully saturated rings. The van der Waals surface area contributed by atoms with E-state index in [9.17, 15) is 71.9 Å². The molecule has 0 spiro atoms. The Balaban J connectivity index is 0. The average molecular weight is 1140 g/mol. The lowest BCUT2D eigenvalue weighted by Gasteiger charge is -2.15. The third-order valence-corrected chi connectivity index (χ3v) is 9.13. The predicted molar refractivity (Wildman–Crippen MR) is 263 cm³/mol. The van der Waals surface area contributed by atoms with Crippen molar-refractivity contribution >= 4 is 89.1 Å². The van der Waals surface area contributed by atoms with Crippen LogP contribution in [0.5, 0.6) is 0 Å². The summed E-state index contributed by atoms with van der Waals surface area (Å²) in [6.45, 7) is 19.1. The van der Waals surface area contributed by atoms with Crippen LogP contribution in [0.25, 0.3) is 0 Å². The fraction of sp³-hybridized carbons (Fsp3) is 0.490. The number of hydrogen-bond acceptors (Lipinski definition) is 23. The van der Waals surface area contributed by atoms with Crippen molar-refractivity contribution in [3.8, 4) is 0 Å². The lowest BCUT2D eigenvalue weighted by atomic mass is 10.2. The number of nitrogens with zero attached hydrogens (tertiary/aromatic N) is 4. The van der Waals surface area contributed by atoms with Gasteiger partial charge in [0.15, 0.2) is 0 Å². The molecule has 4 heterocycles. The molecular weight excluding hydrogens is 1080 g/mol. The Bertz CT molecular complexity index is 1860. The molecule has 0 bridgehead atoms. The highest BCUT2D eigenvalue weighted by molar-refractivity contribution is 6.03. The summed E-state index contributed by atoms with van der Waals surface area (Å²) in [5.41, 5.74) is 0.455. The number of carbonyl (C=O) groups excluding carboxylic acids is 11. The molecule has 31 heteroatoms. The minimum absolute atomic E-state index is 0.0244. The summed E-state index contributed by atoms with van der Waals surface area (Å²) in [4.78, 5) is 181. The van der Waals surface area contributed by atoms with Gasteiger partial charge in [0.05, 0.1) is 30.7 Å². The molecule has 4 saturated heterocycles. The topological polar surface area (TPSA) is 424 Å². The second-order valence-corrected chi connectivity index (χ2v) is 15.5. The number of rotatable bonds is 30. The van der Waals surface area contributed by atoms with Crippen LogP contribution in [-0.2, 0) is 110 Å². The van der Waals surface area contributed by atoms with E-state index in [1.54, 1.807) is 0 Å². The largest absolute Gasteiger partial charge is 0.498 e. The van der Waals surface area contributed by atoms with Gasteiger partial charge < -0.3 is 58.7 Å². The number of hydroxylamine groups is 8. The van der Waals surface area contributed by atoms with E-state index in [0.717, 1.165) is 5.06 Å². The summed E-state index contributed by atoms with van der Waals surface area (Å²) < 4.78 is 18.9. The van der Waals surface area contributed by atoms with Crippen molar-refractivity contribution in [2.75, 3.05) is 26.4 Å². The molecule has 4 N–H and O–H groups in total. The molecule has 0 aromatic carbocycles. The van der Waals surface area contributed by atoms with E-state index in [0.29, 0.717) is 60.2 Å². The van der Waals surface area contributed by atoms with Crippen LogP contribution in [0.15, 0.2) is 63.6 Å². The maximum Gasteiger partial charge on any atom is 0.333 e. The van der Waals surface area contributed by atoms with Gasteiger partial charge in [-0.2, -0.15) is 0 Å². The van der Waals surface area contributed by atoms with Crippen molar-refractivity contribution in [2.24, 2.45) is 0 Å². The van der Waals surface area contributed by atoms with E-state index < -0.39 is 83.2 Å². The zero-order valence-corrected chi connectivity index (χ0v) is 43.8. The Kier molecular flexibility index (Phi) is 39.6. The summed E-state index contributed by atoms with van der Waals surface area (Å²) in [6, 6.07) is 0. The number of carbonyl (C=O) groups is 15. The van der Waals surface area contributed by atoms with Crippen molar-refractivity contribution in [3.05, 3.63) is 63.6 Å². The lowest BCUT2D eigenvalue weighted by Crippen LogP contribution is -2.32. The van der Waals surface area contributed by atoms with E-state index >= 15 is 0 Å². The van der Waals surface area contributed by atoms with Gasteiger partial charge in [0, 0.05) is 96.3 Å². The SMILES string of the molecule is C=C1CCC(=O)N1OC(=O)CCCC(=O)O.C=COCCOC=C.C=COCCOC=C.O=C(O)CCCC(=O)ON1C(=O)CCC1=O.O=C(O)CCCC(=O)ON1C(=O)CCC1=O.O=C(O)CCCC(=O)ON1C(=O)CCC1=O. The van der Waals surface area contributed by atoms with Crippen LogP contribution < -0.4 is 0 Å². The number of carboxylic acids is 4. The van der Waals surface area contributed by atoms with Crippen LogP contribution in [0.1, 0.15) is 128 Å². The maximum atomic E-state index is 11.2. The fourth-order valence-corrected chi connectivity index (χ4v) is 5.37. The van der Waals surface area contributed by atoms with Crippen molar-refractivity contribution < 1.29 is 131 Å². The highest BCUT2D eigenvalue weighted by Crippen LogP contribution is 2.21. The zero-order chi connectivity index (χ0) is 61.0. The van der Waals surface area contributed by atoms with E-state index in [1.165, 1.54) is 25.0 Å². The molecule has 0 saturated carbocycles. The van der Waals surface area contributed by atoms with Gasteiger partial charge in [-0.1, -0.05) is 32.9 Å². The molecule has 7 amide bonds. The Morgan fingerprint density at radius 1 is 0.338 bits per heavy atom. The molecule has 31 nitrogen and oxygen atoms in total. The molecule has 444 valence electrons. The van der Waals surface area contributed by atoms with Gasteiger partial charge in [0.2, 0.25) is 0 Å². The maximum absolute atomic E-state index is 11.2. The normalized spacial score (nSPS) is 13.8. The number of hydrogen-bond donors (Lipinski definition) is 4. The fourth-order valence-electron chi connectivity index (χ4n) is 5.37. The van der Waals surface area contributed by atoms with Crippen molar-refractivity contribution in [1.82, 2.24) is 20.3 Å². The first-order valence-corrected chi connectivity index (χ1v) is 24.0. The molecule has 0 atom stereocenters. The van der Waals surface area contributed by atoms with Crippen molar-refractivity contribution in [1.29, 1.82) is 0 Å². The van der Waals surface area contributed by atoms with Gasteiger partial charge in [-0.15, -0.1) is 20.3 Å². The highest BCUT2D eigenvalue weighted by atomic mass is 16.7. The monoisotopic (exact) mass is 1140 g/mol. The van der Waals surface area contributed by atoms with Gasteiger partial charge in [-0.3, -0.25) is 52.7 Å². The minimum Gasteiger partial charge on any atom is -0.498 e. The van der Waals surface area contributed by atoms with Crippen LogP contribution in [0.4, 0.5) is 0 Å². The molecule has 0 unspecified atom stereocenters. The second kappa shape index (κ2) is 43.6. The van der Waals surface area contributed by atoms with E-state index in [4.69, 9.17) is 44.2 Å². The molecule has 0 radical (unpaired) electrons. The predicted octanol–water partition coefficient (Wildman–Crippen LogP) is 2.99. The summed E-state index contributed by atoms with van der Waals surface area (Å²) >= 11 is 0. The number of carboxylic acid groups (broad SMARTS) is 4. The van der Waals surface area contributed by atoms with Gasteiger partial charge in [0.1, 0.15) is 26.4 Å². The van der Waals surface area contributed by atoms with E-state index in [1.807, 2.05) is 0 Å². The summed E-state index contributed by atoms with van der Waals surface area (Å²) in [5, 5.41) is 35.6. The first-order chi connectivity index (χ1) is 37.8. The van der Waals surface area contributed by atoms with Crippen LogP contribution in [0.3, 0.4) is 0 Å². The van der Waals surface area contributed by atoms with Gasteiger partial charge >= 0.3 is 47.8 Å². The van der Waals surface area contributed by atoms with Crippen molar-refractivity contribution in [3.63, 3.8) is 0 Å². The van der Waals surface area contributed by atoms with Crippen LogP contribution in [0, 0.1) is 0 Å². The van der Waals surface area contributed by atoms with Crippen LogP contribution in [0.2, 0.25) is 0 Å². The molecule has 0 aliphatic carbocycles. The average Bonchev–Trinajstić information content (AvgIpc) is 4.10. The number of allylic oxidation sites excluding steroid dienone is 1. The lowest BCUT2D eigenvalue weighted by molar-refractivity contribution is -0.197. The molecule has 4 aliphatic rings. The molecule has 80 heavy (non-hydrogen) atoms. The van der Waals surface area contributed by atoms with Gasteiger partial charge in [0.25, 0.3) is 41.4 Å². The number of ether oxygens (including phenoxy) is 4. The Morgan fingerprint density at radius 2 is 0.525 bits per heavy atom. The minimum atomic E-state index is -1.01. The first-order valence-electron chi connectivity index (χ1n) is 24.0. The smallest absolute Gasteiger partial charge is 0.333 e. The van der Waals surface area contributed by atoms with Gasteiger partial charge in [-0.05, 0) is 32.1 Å². The Hall–Kier alpha value is -9.45. The Morgan fingerprint density at radius 3 is 0.700 bits per heavy atom. The number of aliphatic carboxylic acids is 4. The van der Waals surface area contributed by atoms with Crippen LogP contribution >= 0.6 is 0 Å². The number of amides is 7. The second-order valence-electron chi connectivity index (χ2n) is 15.5. The standard InChI is InChI=1S/C10H13NO5.3C9H11NO6.2C6H10O2/c1-7-5-6-8(12)11(7)16-10(15)4-2-3-9(13)14;3*11-6-4-5-7(12)10(6)16-9(15)3-1-2-8(13)14;2*1-3-7-5-6-8-4-2/h1-6H2,(H,13,14);3*1-5H2,(H,13,14);2*3-4H,1-2,5-6H2. The zero-order valence-electron chi connectivity index (χ0n) is 43.8. The molecule has 4 rings (SSSR count). The summed E-state index contributed by atoms with van der Waals surface area (Å²) in [5.74, 6) is -10.5. The quantitative estimate of drug-likeness (QED) is 0.0456. The summed E-state index contributed by atoms with van der Waals surface area (Å²) in [6.07, 6.45) is 6.12. The van der Waals surface area contributed by atoms with E-state index in [2.05, 4.69) is 47.4 Å². The molecule has 4 aliphatic heterocycles. The van der Waals surface area contributed by atoms with E-state index in [-0.39, 0.29) is 121 Å². The van der Waals surface area contributed by atoms with Crippen LogP contribution in [-0.4, -0.2) is 156 Å². The summed E-state index contributed by atoms with van der Waals surface area (Å²) in [7, 11) is 0. The van der Waals surface area contributed by atoms with Crippen molar-refractivity contribution in [2.45, 2.75) is 128 Å².